The number of amides is 1. The SMILES string of the molecule is CC[C@H](C)N1C(=O)/C(=C\c2ccc(OCc3ccc(Cl)c(Cl)c3)cc2)SC1=Nc1ccc(C)cc1. The summed E-state index contributed by atoms with van der Waals surface area (Å²) < 4.78 is 5.87. The van der Waals surface area contributed by atoms with Crippen molar-refractivity contribution in [3.05, 3.63) is 98.4 Å². The number of carbonyl (C=O) groups is 1. The van der Waals surface area contributed by atoms with Crippen LogP contribution in [0.5, 0.6) is 5.75 Å². The lowest BCUT2D eigenvalue weighted by molar-refractivity contribution is -0.123. The summed E-state index contributed by atoms with van der Waals surface area (Å²) in [4.78, 5) is 20.5. The highest BCUT2D eigenvalue weighted by atomic mass is 35.5. The average molecular weight is 526 g/mol. The van der Waals surface area contributed by atoms with Crippen LogP contribution in [0.4, 0.5) is 5.69 Å². The van der Waals surface area contributed by atoms with E-state index in [1.165, 1.54) is 17.3 Å². The third-order valence-corrected chi connectivity index (χ3v) is 7.42. The summed E-state index contributed by atoms with van der Waals surface area (Å²) >= 11 is 13.5. The van der Waals surface area contributed by atoms with E-state index in [0.717, 1.165) is 29.0 Å². The molecule has 35 heavy (non-hydrogen) atoms. The van der Waals surface area contributed by atoms with Gasteiger partial charge in [-0.25, -0.2) is 4.99 Å². The quantitative estimate of drug-likeness (QED) is 0.292. The number of thioether (sulfide) groups is 1. The topological polar surface area (TPSA) is 41.9 Å². The number of halogens is 2. The van der Waals surface area contributed by atoms with Gasteiger partial charge in [-0.2, -0.15) is 0 Å². The summed E-state index contributed by atoms with van der Waals surface area (Å²) in [5.74, 6) is 0.710. The molecule has 180 valence electrons. The number of nitrogens with zero attached hydrogens (tertiary/aromatic N) is 2. The number of hydrogen-bond acceptors (Lipinski definition) is 4. The van der Waals surface area contributed by atoms with Crippen molar-refractivity contribution in [2.45, 2.75) is 39.8 Å². The van der Waals surface area contributed by atoms with Gasteiger partial charge < -0.3 is 4.74 Å². The van der Waals surface area contributed by atoms with E-state index >= 15 is 0 Å². The Kier molecular flexibility index (Phi) is 8.22. The molecule has 0 N–H and O–H groups in total. The summed E-state index contributed by atoms with van der Waals surface area (Å²) in [6.45, 7) is 6.55. The fourth-order valence-corrected chi connectivity index (χ4v) is 4.88. The summed E-state index contributed by atoms with van der Waals surface area (Å²) in [5, 5.41) is 1.73. The number of benzene rings is 3. The molecule has 0 aromatic heterocycles. The van der Waals surface area contributed by atoms with E-state index in [-0.39, 0.29) is 11.9 Å². The Bertz CT molecular complexity index is 1270. The van der Waals surface area contributed by atoms with Crippen molar-refractivity contribution in [2.24, 2.45) is 4.99 Å². The molecule has 4 nitrogen and oxygen atoms in total. The minimum Gasteiger partial charge on any atom is -0.489 e. The highest BCUT2D eigenvalue weighted by Crippen LogP contribution is 2.36. The van der Waals surface area contributed by atoms with Crippen LogP contribution in [0.3, 0.4) is 0 Å². The van der Waals surface area contributed by atoms with Crippen LogP contribution in [-0.2, 0) is 11.4 Å². The summed E-state index contributed by atoms with van der Waals surface area (Å²) in [6, 6.07) is 21.1. The Hall–Kier alpha value is -2.73. The van der Waals surface area contributed by atoms with Gasteiger partial charge >= 0.3 is 0 Å². The third kappa shape index (κ3) is 6.29. The Balaban J connectivity index is 1.50. The molecule has 7 heteroatoms. The maximum Gasteiger partial charge on any atom is 0.266 e. The van der Waals surface area contributed by atoms with Crippen LogP contribution in [0.25, 0.3) is 6.08 Å². The van der Waals surface area contributed by atoms with Crippen LogP contribution in [-0.4, -0.2) is 22.0 Å². The van der Waals surface area contributed by atoms with Gasteiger partial charge in [-0.05, 0) is 85.6 Å². The molecule has 0 aliphatic carbocycles. The average Bonchev–Trinajstić information content (AvgIpc) is 3.16. The van der Waals surface area contributed by atoms with E-state index in [0.29, 0.717) is 26.7 Å². The van der Waals surface area contributed by atoms with Gasteiger partial charge in [-0.3, -0.25) is 9.69 Å². The first kappa shape index (κ1) is 25.4. The fraction of sp³-hybridized carbons (Fsp3) is 0.214. The van der Waals surface area contributed by atoms with E-state index in [4.69, 9.17) is 32.9 Å². The molecule has 3 aromatic carbocycles. The van der Waals surface area contributed by atoms with Gasteiger partial charge in [0.15, 0.2) is 5.17 Å². The minimum absolute atomic E-state index is 0.0184. The van der Waals surface area contributed by atoms with Crippen molar-refractivity contribution < 1.29 is 9.53 Å². The normalized spacial score (nSPS) is 16.8. The fourth-order valence-electron chi connectivity index (χ4n) is 3.47. The van der Waals surface area contributed by atoms with Crippen LogP contribution < -0.4 is 4.74 Å². The number of ether oxygens (including phenoxy) is 1. The first-order valence-corrected chi connectivity index (χ1v) is 13.0. The number of amidine groups is 1. The highest BCUT2D eigenvalue weighted by Gasteiger charge is 2.36. The van der Waals surface area contributed by atoms with Crippen molar-refractivity contribution in [2.75, 3.05) is 0 Å². The Morgan fingerprint density at radius 3 is 2.40 bits per heavy atom. The zero-order valence-electron chi connectivity index (χ0n) is 19.8. The van der Waals surface area contributed by atoms with Crippen molar-refractivity contribution in [3.8, 4) is 5.75 Å². The molecule has 1 amide bonds. The van der Waals surface area contributed by atoms with E-state index in [1.807, 2.05) is 74.5 Å². The molecule has 3 aromatic rings. The number of hydrogen-bond donors (Lipinski definition) is 0. The van der Waals surface area contributed by atoms with E-state index in [9.17, 15) is 4.79 Å². The largest absolute Gasteiger partial charge is 0.489 e. The highest BCUT2D eigenvalue weighted by molar-refractivity contribution is 8.18. The molecule has 0 spiro atoms. The number of rotatable bonds is 7. The summed E-state index contributed by atoms with van der Waals surface area (Å²) in [6.07, 6.45) is 2.75. The first-order valence-electron chi connectivity index (χ1n) is 11.4. The van der Waals surface area contributed by atoms with E-state index < -0.39 is 0 Å². The molecule has 1 aliphatic rings. The zero-order valence-corrected chi connectivity index (χ0v) is 22.1. The molecule has 0 bridgehead atoms. The lowest BCUT2D eigenvalue weighted by Gasteiger charge is -2.22. The molecule has 1 fully saturated rings. The number of aryl methyl sites for hydroxylation is 1. The predicted octanol–water partition coefficient (Wildman–Crippen LogP) is 8.28. The maximum atomic E-state index is 13.3. The Labute approximate surface area is 220 Å². The van der Waals surface area contributed by atoms with Gasteiger partial charge in [0.05, 0.1) is 20.6 Å². The predicted molar refractivity (Wildman–Crippen MR) is 148 cm³/mol. The Morgan fingerprint density at radius 1 is 1.03 bits per heavy atom. The van der Waals surface area contributed by atoms with Crippen molar-refractivity contribution >= 4 is 57.8 Å². The second-order valence-electron chi connectivity index (χ2n) is 8.38. The molecular weight excluding hydrogens is 499 g/mol. The molecule has 4 rings (SSSR count). The van der Waals surface area contributed by atoms with Crippen molar-refractivity contribution in [3.63, 3.8) is 0 Å². The van der Waals surface area contributed by atoms with Gasteiger partial charge in [0, 0.05) is 6.04 Å². The van der Waals surface area contributed by atoms with Crippen LogP contribution in [0.2, 0.25) is 10.0 Å². The van der Waals surface area contributed by atoms with E-state index in [2.05, 4.69) is 6.92 Å². The maximum absolute atomic E-state index is 13.3. The van der Waals surface area contributed by atoms with Crippen molar-refractivity contribution in [1.82, 2.24) is 4.90 Å². The molecule has 1 aliphatic heterocycles. The summed E-state index contributed by atoms with van der Waals surface area (Å²) in [7, 11) is 0. The molecule has 1 heterocycles. The van der Waals surface area contributed by atoms with Crippen LogP contribution in [0.15, 0.2) is 76.6 Å². The molecule has 0 saturated carbocycles. The van der Waals surface area contributed by atoms with Gasteiger partial charge in [-0.15, -0.1) is 0 Å². The van der Waals surface area contributed by atoms with Crippen LogP contribution in [0, 0.1) is 6.92 Å². The second kappa shape index (κ2) is 11.3. The van der Waals surface area contributed by atoms with Crippen LogP contribution in [0.1, 0.15) is 37.0 Å². The minimum atomic E-state index is -0.0184. The number of aliphatic imine (C=N–C) groups is 1. The van der Waals surface area contributed by atoms with Gasteiger partial charge in [-0.1, -0.05) is 66.0 Å². The smallest absolute Gasteiger partial charge is 0.266 e. The third-order valence-electron chi connectivity index (χ3n) is 5.69. The lowest BCUT2D eigenvalue weighted by atomic mass is 10.2. The Morgan fingerprint density at radius 2 is 1.74 bits per heavy atom. The molecule has 1 saturated heterocycles. The number of carbonyl (C=O) groups excluding carboxylic acids is 1. The molecule has 0 radical (unpaired) electrons. The zero-order chi connectivity index (χ0) is 24.9. The standard InChI is InChI=1S/C28H26Cl2N2O2S/c1-4-19(3)32-27(33)26(35-28(32)31-22-10-5-18(2)6-11-22)16-20-7-12-23(13-8-20)34-17-21-9-14-24(29)25(30)15-21/h5-16,19H,4,17H2,1-3H3/b26-16+,31-28?/t19-/m0/s1. The lowest BCUT2D eigenvalue weighted by Crippen LogP contribution is -2.36. The first-order chi connectivity index (χ1) is 16.8. The molecule has 1 atom stereocenters. The van der Waals surface area contributed by atoms with Gasteiger partial charge in [0.25, 0.3) is 5.91 Å². The summed E-state index contributed by atoms with van der Waals surface area (Å²) in [5.41, 5.74) is 3.87. The van der Waals surface area contributed by atoms with Crippen molar-refractivity contribution in [1.29, 1.82) is 0 Å². The van der Waals surface area contributed by atoms with Gasteiger partial charge in [0.2, 0.25) is 0 Å². The van der Waals surface area contributed by atoms with Crippen LogP contribution >= 0.6 is 35.0 Å². The van der Waals surface area contributed by atoms with Gasteiger partial charge in [0.1, 0.15) is 12.4 Å². The second-order valence-corrected chi connectivity index (χ2v) is 10.2. The molecule has 0 unspecified atom stereocenters. The van der Waals surface area contributed by atoms with E-state index in [1.54, 1.807) is 17.0 Å². The molecular formula is C28H26Cl2N2O2S. The monoisotopic (exact) mass is 524 g/mol.